The van der Waals surface area contributed by atoms with Crippen LogP contribution >= 0.6 is 15.9 Å². The molecule has 1 N–H and O–H groups in total. The molecule has 2 rings (SSSR count). The van der Waals surface area contributed by atoms with E-state index in [1.54, 1.807) is 7.11 Å². The highest BCUT2D eigenvalue weighted by Crippen LogP contribution is 2.29. The zero-order chi connectivity index (χ0) is 17.7. The van der Waals surface area contributed by atoms with Crippen LogP contribution in [-0.4, -0.2) is 18.2 Å². The van der Waals surface area contributed by atoms with Gasteiger partial charge in [0.1, 0.15) is 5.75 Å². The number of carbonyl (C=O) groups is 1. The van der Waals surface area contributed by atoms with Crippen LogP contribution in [0.3, 0.4) is 0 Å². The SMILES string of the molecule is COc1cc(Br)c(CCC(Cc2ccc(C)cc2)C(=O)O)cc1C. The number of hydrogen-bond acceptors (Lipinski definition) is 2. The highest BCUT2D eigenvalue weighted by atomic mass is 79.9. The molecule has 0 spiro atoms. The van der Waals surface area contributed by atoms with Gasteiger partial charge in [-0.15, -0.1) is 0 Å². The molecule has 0 bridgehead atoms. The highest BCUT2D eigenvalue weighted by Gasteiger charge is 2.19. The fourth-order valence-corrected chi connectivity index (χ4v) is 3.31. The number of aryl methyl sites for hydroxylation is 3. The standard InChI is InChI=1S/C20H23BrO3/c1-13-4-6-15(7-5-13)11-17(20(22)23)9-8-16-10-14(2)19(24-3)12-18(16)21/h4-7,10,12,17H,8-9,11H2,1-3H3,(H,22,23). The van der Waals surface area contributed by atoms with Crippen LogP contribution in [-0.2, 0) is 17.6 Å². The molecule has 2 aromatic rings. The molecule has 0 saturated carbocycles. The largest absolute Gasteiger partial charge is 0.496 e. The van der Waals surface area contributed by atoms with Gasteiger partial charge in [0.05, 0.1) is 13.0 Å². The van der Waals surface area contributed by atoms with Gasteiger partial charge in [-0.3, -0.25) is 4.79 Å². The second-order valence-corrected chi connectivity index (χ2v) is 7.03. The molecule has 0 amide bonds. The first-order chi connectivity index (χ1) is 11.4. The zero-order valence-electron chi connectivity index (χ0n) is 14.3. The maximum absolute atomic E-state index is 11.6. The van der Waals surface area contributed by atoms with Crippen molar-refractivity contribution < 1.29 is 14.6 Å². The molecule has 24 heavy (non-hydrogen) atoms. The van der Waals surface area contributed by atoms with Gasteiger partial charge in [0.15, 0.2) is 0 Å². The summed E-state index contributed by atoms with van der Waals surface area (Å²) < 4.78 is 6.27. The highest BCUT2D eigenvalue weighted by molar-refractivity contribution is 9.10. The van der Waals surface area contributed by atoms with E-state index in [-0.39, 0.29) is 5.92 Å². The predicted molar refractivity (Wildman–Crippen MR) is 99.8 cm³/mol. The summed E-state index contributed by atoms with van der Waals surface area (Å²) in [5, 5.41) is 9.54. The topological polar surface area (TPSA) is 46.5 Å². The molecule has 0 aliphatic heterocycles. The minimum absolute atomic E-state index is 0.387. The van der Waals surface area contributed by atoms with Crippen LogP contribution in [0.5, 0.6) is 5.75 Å². The Morgan fingerprint density at radius 3 is 2.46 bits per heavy atom. The van der Waals surface area contributed by atoms with Crippen LogP contribution in [0.1, 0.15) is 28.7 Å². The number of halogens is 1. The smallest absolute Gasteiger partial charge is 0.306 e. The summed E-state index contributed by atoms with van der Waals surface area (Å²) in [6, 6.07) is 12.1. The molecule has 4 heteroatoms. The summed E-state index contributed by atoms with van der Waals surface area (Å²) in [5.41, 5.74) is 4.42. The normalized spacial score (nSPS) is 12.0. The average molecular weight is 391 g/mol. The molecule has 3 nitrogen and oxygen atoms in total. The van der Waals surface area contributed by atoms with E-state index in [4.69, 9.17) is 4.74 Å². The van der Waals surface area contributed by atoms with E-state index in [1.807, 2.05) is 44.2 Å². The quantitative estimate of drug-likeness (QED) is 0.727. The van der Waals surface area contributed by atoms with Gasteiger partial charge in [-0.2, -0.15) is 0 Å². The monoisotopic (exact) mass is 390 g/mol. The third kappa shape index (κ3) is 4.84. The van der Waals surface area contributed by atoms with Gasteiger partial charge < -0.3 is 9.84 Å². The Morgan fingerprint density at radius 1 is 1.21 bits per heavy atom. The second-order valence-electron chi connectivity index (χ2n) is 6.18. The molecule has 2 aromatic carbocycles. The maximum atomic E-state index is 11.6. The predicted octanol–water partition coefficient (Wildman–Crippen LogP) is 4.95. The number of rotatable bonds is 7. The van der Waals surface area contributed by atoms with Crippen molar-refractivity contribution in [3.63, 3.8) is 0 Å². The van der Waals surface area contributed by atoms with Gasteiger partial charge in [0, 0.05) is 4.47 Å². The first-order valence-corrected chi connectivity index (χ1v) is 8.81. The molecule has 1 unspecified atom stereocenters. The summed E-state index contributed by atoms with van der Waals surface area (Å²) in [6.45, 7) is 4.03. The third-order valence-corrected chi connectivity index (χ3v) is 5.02. The van der Waals surface area contributed by atoms with Crippen LogP contribution in [0.2, 0.25) is 0 Å². The molecule has 128 valence electrons. The molecule has 0 fully saturated rings. The number of carboxylic acid groups (broad SMARTS) is 1. The lowest BCUT2D eigenvalue weighted by Crippen LogP contribution is -2.17. The first kappa shape index (κ1) is 18.5. The molecule has 0 heterocycles. The minimum Gasteiger partial charge on any atom is -0.496 e. The minimum atomic E-state index is -0.739. The van der Waals surface area contributed by atoms with Crippen LogP contribution in [0.15, 0.2) is 40.9 Å². The number of carboxylic acids is 1. The van der Waals surface area contributed by atoms with Crippen molar-refractivity contribution in [1.82, 2.24) is 0 Å². The Bertz CT molecular complexity index is 708. The number of methoxy groups -OCH3 is 1. The molecular formula is C20H23BrO3. The van der Waals surface area contributed by atoms with E-state index in [2.05, 4.69) is 22.0 Å². The Morgan fingerprint density at radius 2 is 1.88 bits per heavy atom. The fourth-order valence-electron chi connectivity index (χ4n) is 2.79. The maximum Gasteiger partial charge on any atom is 0.306 e. The lowest BCUT2D eigenvalue weighted by molar-refractivity contribution is -0.141. The van der Waals surface area contributed by atoms with E-state index >= 15 is 0 Å². The van der Waals surface area contributed by atoms with E-state index < -0.39 is 5.97 Å². The number of aliphatic carboxylic acids is 1. The van der Waals surface area contributed by atoms with Gasteiger partial charge in [-0.05, 0) is 55.9 Å². The van der Waals surface area contributed by atoms with Crippen molar-refractivity contribution in [2.45, 2.75) is 33.1 Å². The van der Waals surface area contributed by atoms with Gasteiger partial charge >= 0.3 is 5.97 Å². The van der Waals surface area contributed by atoms with Gasteiger partial charge in [0.25, 0.3) is 0 Å². The Balaban J connectivity index is 2.07. The molecule has 0 aromatic heterocycles. The van der Waals surface area contributed by atoms with Gasteiger partial charge in [0.2, 0.25) is 0 Å². The van der Waals surface area contributed by atoms with Crippen LogP contribution in [0.4, 0.5) is 0 Å². The molecule has 1 atom stereocenters. The Hall–Kier alpha value is -1.81. The first-order valence-electron chi connectivity index (χ1n) is 8.02. The second kappa shape index (κ2) is 8.34. The lowest BCUT2D eigenvalue weighted by Gasteiger charge is -2.15. The summed E-state index contributed by atoms with van der Waals surface area (Å²) in [7, 11) is 1.65. The van der Waals surface area contributed by atoms with Crippen molar-refractivity contribution >= 4 is 21.9 Å². The van der Waals surface area contributed by atoms with E-state index in [1.165, 1.54) is 5.56 Å². The van der Waals surface area contributed by atoms with Crippen molar-refractivity contribution in [1.29, 1.82) is 0 Å². The summed E-state index contributed by atoms with van der Waals surface area (Å²) in [4.78, 5) is 11.6. The van der Waals surface area contributed by atoms with Crippen LogP contribution in [0.25, 0.3) is 0 Å². The van der Waals surface area contributed by atoms with Crippen molar-refractivity contribution in [2.24, 2.45) is 5.92 Å². The lowest BCUT2D eigenvalue weighted by atomic mass is 9.92. The summed E-state index contributed by atoms with van der Waals surface area (Å²) in [5.74, 6) is -0.293. The molecule has 0 radical (unpaired) electrons. The number of ether oxygens (including phenoxy) is 1. The van der Waals surface area contributed by atoms with E-state index in [0.29, 0.717) is 19.3 Å². The summed E-state index contributed by atoms with van der Waals surface area (Å²) in [6.07, 6.45) is 1.88. The van der Waals surface area contributed by atoms with Crippen molar-refractivity contribution in [3.05, 3.63) is 63.1 Å². The summed E-state index contributed by atoms with van der Waals surface area (Å²) >= 11 is 3.56. The molecular weight excluding hydrogens is 368 g/mol. The van der Waals surface area contributed by atoms with Crippen molar-refractivity contribution in [3.8, 4) is 5.75 Å². The van der Waals surface area contributed by atoms with E-state index in [9.17, 15) is 9.90 Å². The number of hydrogen-bond donors (Lipinski definition) is 1. The average Bonchev–Trinajstić information content (AvgIpc) is 2.55. The van der Waals surface area contributed by atoms with Gasteiger partial charge in [-0.25, -0.2) is 0 Å². The van der Waals surface area contributed by atoms with Crippen LogP contribution in [0, 0.1) is 19.8 Å². The third-order valence-electron chi connectivity index (χ3n) is 4.28. The van der Waals surface area contributed by atoms with Crippen LogP contribution < -0.4 is 4.74 Å². The molecule has 0 aliphatic rings. The molecule has 0 saturated heterocycles. The van der Waals surface area contributed by atoms with Gasteiger partial charge in [-0.1, -0.05) is 51.8 Å². The Labute approximate surface area is 151 Å². The number of benzene rings is 2. The van der Waals surface area contributed by atoms with E-state index in [0.717, 1.165) is 26.9 Å². The molecule has 0 aliphatic carbocycles. The van der Waals surface area contributed by atoms with Crippen molar-refractivity contribution in [2.75, 3.05) is 7.11 Å². The fraction of sp³-hybridized carbons (Fsp3) is 0.350. The Kier molecular flexibility index (Phi) is 6.44. The zero-order valence-corrected chi connectivity index (χ0v) is 15.9.